The number of rotatable bonds is 8. The first-order valence-corrected chi connectivity index (χ1v) is 12.6. The molecule has 0 saturated carbocycles. The standard InChI is InChI=1S/C26H27N3O4S/c1-19(30)28-23-12-14-24(15-13-23)34(32,33)27-17-22-5-2-3-6-25(22)21-10-8-20(9-11-21)18-29-16-4-7-26(29)31/h2-3,5-6,8-15,27H,4,7,16-18H2,1H3,(H,28,30). The molecule has 2 N–H and O–H groups in total. The number of carbonyl (C=O) groups excluding carboxylic acids is 2. The van der Waals surface area contributed by atoms with Crippen LogP contribution in [0.3, 0.4) is 0 Å². The predicted molar refractivity (Wildman–Crippen MR) is 131 cm³/mol. The van der Waals surface area contributed by atoms with Gasteiger partial charge in [0.25, 0.3) is 0 Å². The first-order chi connectivity index (χ1) is 16.3. The lowest BCUT2D eigenvalue weighted by Gasteiger charge is -2.16. The molecule has 1 heterocycles. The zero-order valence-corrected chi connectivity index (χ0v) is 19.8. The highest BCUT2D eigenvalue weighted by Gasteiger charge is 2.20. The van der Waals surface area contributed by atoms with Crippen LogP contribution in [0.25, 0.3) is 11.1 Å². The molecule has 0 atom stereocenters. The summed E-state index contributed by atoms with van der Waals surface area (Å²) in [6.07, 6.45) is 1.54. The van der Waals surface area contributed by atoms with Crippen molar-refractivity contribution in [3.63, 3.8) is 0 Å². The fraction of sp³-hybridized carbons (Fsp3) is 0.231. The quantitative estimate of drug-likeness (QED) is 0.514. The van der Waals surface area contributed by atoms with Gasteiger partial charge in [0.1, 0.15) is 0 Å². The zero-order chi connectivity index (χ0) is 24.1. The van der Waals surface area contributed by atoms with E-state index in [9.17, 15) is 18.0 Å². The Bertz CT molecular complexity index is 1290. The Balaban J connectivity index is 1.46. The summed E-state index contributed by atoms with van der Waals surface area (Å²) in [5, 5.41) is 2.62. The number of hydrogen-bond donors (Lipinski definition) is 2. The topological polar surface area (TPSA) is 95.6 Å². The Morgan fingerprint density at radius 1 is 0.971 bits per heavy atom. The number of carbonyl (C=O) groups is 2. The number of nitrogens with one attached hydrogen (secondary N) is 2. The van der Waals surface area contributed by atoms with Crippen molar-refractivity contribution in [1.82, 2.24) is 9.62 Å². The van der Waals surface area contributed by atoms with Gasteiger partial charge in [-0.3, -0.25) is 9.59 Å². The number of likely N-dealkylation sites (tertiary alicyclic amines) is 1. The van der Waals surface area contributed by atoms with Gasteiger partial charge >= 0.3 is 0 Å². The molecule has 34 heavy (non-hydrogen) atoms. The number of anilines is 1. The minimum atomic E-state index is -3.73. The minimum absolute atomic E-state index is 0.125. The summed E-state index contributed by atoms with van der Waals surface area (Å²) in [4.78, 5) is 25.0. The number of sulfonamides is 1. The van der Waals surface area contributed by atoms with E-state index in [4.69, 9.17) is 0 Å². The average molecular weight is 478 g/mol. The van der Waals surface area contributed by atoms with Gasteiger partial charge in [0.05, 0.1) is 4.90 Å². The average Bonchev–Trinajstić information content (AvgIpc) is 3.23. The van der Waals surface area contributed by atoms with Crippen LogP contribution < -0.4 is 10.0 Å². The van der Waals surface area contributed by atoms with E-state index in [1.807, 2.05) is 53.4 Å². The fourth-order valence-corrected chi connectivity index (χ4v) is 5.02. The van der Waals surface area contributed by atoms with E-state index in [-0.39, 0.29) is 23.3 Å². The van der Waals surface area contributed by atoms with Gasteiger partial charge in [-0.2, -0.15) is 0 Å². The largest absolute Gasteiger partial charge is 0.338 e. The van der Waals surface area contributed by atoms with Crippen LogP contribution in [0.5, 0.6) is 0 Å². The molecular formula is C26H27N3O4S. The molecule has 2 amide bonds. The predicted octanol–water partition coefficient (Wildman–Crippen LogP) is 3.91. The van der Waals surface area contributed by atoms with Crippen molar-refractivity contribution >= 4 is 27.5 Å². The summed E-state index contributed by atoms with van der Waals surface area (Å²) in [7, 11) is -3.73. The van der Waals surface area contributed by atoms with Crippen molar-refractivity contribution in [3.05, 3.63) is 83.9 Å². The summed E-state index contributed by atoms with van der Waals surface area (Å²) in [6, 6.07) is 21.7. The summed E-state index contributed by atoms with van der Waals surface area (Å²) < 4.78 is 28.3. The van der Waals surface area contributed by atoms with E-state index in [2.05, 4.69) is 10.0 Å². The Morgan fingerprint density at radius 3 is 2.32 bits per heavy atom. The van der Waals surface area contributed by atoms with Crippen molar-refractivity contribution in [3.8, 4) is 11.1 Å². The molecule has 0 aromatic heterocycles. The van der Waals surface area contributed by atoms with Crippen LogP contribution in [0.15, 0.2) is 77.7 Å². The highest BCUT2D eigenvalue weighted by molar-refractivity contribution is 7.89. The number of benzene rings is 3. The molecule has 0 aliphatic carbocycles. The molecule has 1 aliphatic heterocycles. The first kappa shape index (κ1) is 23.7. The Hall–Kier alpha value is -3.49. The van der Waals surface area contributed by atoms with Crippen LogP contribution in [0.4, 0.5) is 5.69 Å². The van der Waals surface area contributed by atoms with E-state index in [1.54, 1.807) is 12.1 Å². The van der Waals surface area contributed by atoms with Crippen LogP contribution in [-0.4, -0.2) is 31.7 Å². The molecule has 4 rings (SSSR count). The van der Waals surface area contributed by atoms with Gasteiger partial charge < -0.3 is 10.2 Å². The zero-order valence-electron chi connectivity index (χ0n) is 19.0. The third-order valence-electron chi connectivity index (χ3n) is 5.76. The maximum Gasteiger partial charge on any atom is 0.240 e. The molecular weight excluding hydrogens is 450 g/mol. The van der Waals surface area contributed by atoms with Gasteiger partial charge in [0.2, 0.25) is 21.8 Å². The Morgan fingerprint density at radius 2 is 1.68 bits per heavy atom. The number of hydrogen-bond acceptors (Lipinski definition) is 4. The Kier molecular flexibility index (Phi) is 7.09. The normalized spacial score (nSPS) is 13.8. The molecule has 0 unspecified atom stereocenters. The molecule has 0 spiro atoms. The van der Waals surface area contributed by atoms with Crippen molar-refractivity contribution in [2.24, 2.45) is 0 Å². The van der Waals surface area contributed by atoms with Crippen LogP contribution in [-0.2, 0) is 32.7 Å². The third-order valence-corrected chi connectivity index (χ3v) is 7.18. The maximum atomic E-state index is 12.8. The monoisotopic (exact) mass is 477 g/mol. The summed E-state index contributed by atoms with van der Waals surface area (Å²) in [6.45, 7) is 2.95. The second-order valence-electron chi connectivity index (χ2n) is 8.30. The van der Waals surface area contributed by atoms with Crippen molar-refractivity contribution in [2.45, 2.75) is 37.8 Å². The van der Waals surface area contributed by atoms with Crippen LogP contribution in [0.2, 0.25) is 0 Å². The van der Waals surface area contributed by atoms with Crippen LogP contribution in [0, 0.1) is 0 Å². The maximum absolute atomic E-state index is 12.8. The second kappa shape index (κ2) is 10.2. The van der Waals surface area contributed by atoms with Gasteiger partial charge in [-0.25, -0.2) is 13.1 Å². The van der Waals surface area contributed by atoms with E-state index in [0.717, 1.165) is 35.2 Å². The van der Waals surface area contributed by atoms with Crippen molar-refractivity contribution < 1.29 is 18.0 Å². The minimum Gasteiger partial charge on any atom is -0.338 e. The van der Waals surface area contributed by atoms with E-state index in [0.29, 0.717) is 18.7 Å². The summed E-state index contributed by atoms with van der Waals surface area (Å²) in [5.74, 6) is -0.0191. The van der Waals surface area contributed by atoms with Crippen LogP contribution in [0.1, 0.15) is 30.9 Å². The number of nitrogens with zero attached hydrogens (tertiary/aromatic N) is 1. The molecule has 3 aromatic rings. The fourth-order valence-electron chi connectivity index (χ4n) is 4.01. The van der Waals surface area contributed by atoms with Crippen molar-refractivity contribution in [1.29, 1.82) is 0 Å². The molecule has 7 nitrogen and oxygen atoms in total. The third kappa shape index (κ3) is 5.70. The van der Waals surface area contributed by atoms with Gasteiger partial charge in [0.15, 0.2) is 0 Å². The van der Waals surface area contributed by atoms with Gasteiger partial charge in [-0.05, 0) is 52.9 Å². The van der Waals surface area contributed by atoms with Gasteiger partial charge in [0, 0.05) is 38.7 Å². The molecule has 176 valence electrons. The molecule has 3 aromatic carbocycles. The lowest BCUT2D eigenvalue weighted by Crippen LogP contribution is -2.23. The lowest BCUT2D eigenvalue weighted by molar-refractivity contribution is -0.128. The SMILES string of the molecule is CC(=O)Nc1ccc(S(=O)(=O)NCc2ccccc2-c2ccc(CN3CCCC3=O)cc2)cc1. The van der Waals surface area contributed by atoms with Crippen molar-refractivity contribution in [2.75, 3.05) is 11.9 Å². The molecule has 0 bridgehead atoms. The molecule has 1 aliphatic rings. The summed E-state index contributed by atoms with van der Waals surface area (Å²) in [5.41, 5.74) is 4.37. The molecule has 1 saturated heterocycles. The van der Waals surface area contributed by atoms with E-state index in [1.165, 1.54) is 19.1 Å². The molecule has 8 heteroatoms. The van der Waals surface area contributed by atoms with Crippen LogP contribution >= 0.6 is 0 Å². The first-order valence-electron chi connectivity index (χ1n) is 11.1. The smallest absolute Gasteiger partial charge is 0.240 e. The van der Waals surface area contributed by atoms with Gasteiger partial charge in [-0.15, -0.1) is 0 Å². The highest BCUT2D eigenvalue weighted by atomic mass is 32.2. The van der Waals surface area contributed by atoms with Gasteiger partial charge in [-0.1, -0.05) is 48.5 Å². The molecule has 0 radical (unpaired) electrons. The highest BCUT2D eigenvalue weighted by Crippen LogP contribution is 2.25. The summed E-state index contributed by atoms with van der Waals surface area (Å²) >= 11 is 0. The Labute approximate surface area is 199 Å². The second-order valence-corrected chi connectivity index (χ2v) is 10.1. The van der Waals surface area contributed by atoms with E-state index < -0.39 is 10.0 Å². The van der Waals surface area contributed by atoms with E-state index >= 15 is 0 Å². The molecule has 1 fully saturated rings. The lowest BCUT2D eigenvalue weighted by atomic mass is 9.98. The number of amides is 2.